The first-order chi connectivity index (χ1) is 14.4. The average Bonchev–Trinajstić information content (AvgIpc) is 2.97. The maximum absolute atomic E-state index is 13.1. The summed E-state index contributed by atoms with van der Waals surface area (Å²) in [6.45, 7) is 2.59. The largest absolute Gasteiger partial charge is 0.322 e. The number of carbonyl (C=O) groups is 2. The van der Waals surface area contributed by atoms with Gasteiger partial charge in [-0.3, -0.25) is 9.59 Å². The molecular weight excluding hydrogens is 439 g/mol. The topological polar surface area (TPSA) is 49.4 Å². The molecule has 2 amide bonds. The molecule has 0 spiro atoms. The minimum absolute atomic E-state index is 0.0629. The van der Waals surface area contributed by atoms with Gasteiger partial charge in [-0.1, -0.05) is 29.3 Å². The van der Waals surface area contributed by atoms with Crippen LogP contribution in [0.3, 0.4) is 0 Å². The van der Waals surface area contributed by atoms with Gasteiger partial charge >= 0.3 is 0 Å². The van der Waals surface area contributed by atoms with Gasteiger partial charge < -0.3 is 10.2 Å². The van der Waals surface area contributed by atoms with Crippen LogP contribution in [-0.4, -0.2) is 18.4 Å². The lowest BCUT2D eigenvalue weighted by Gasteiger charge is -2.21. The Bertz CT molecular complexity index is 1110. The van der Waals surface area contributed by atoms with Crippen LogP contribution < -0.4 is 10.2 Å². The Labute approximate surface area is 189 Å². The zero-order valence-corrected chi connectivity index (χ0v) is 18.7. The van der Waals surface area contributed by atoms with Crippen molar-refractivity contribution in [3.05, 3.63) is 79.5 Å². The maximum atomic E-state index is 13.1. The number of halogens is 2. The molecule has 1 aliphatic rings. The predicted octanol–water partition coefficient (Wildman–Crippen LogP) is 6.60. The monoisotopic (exact) mass is 458 g/mol. The minimum Gasteiger partial charge on any atom is -0.322 e. The highest BCUT2D eigenvalue weighted by Crippen LogP contribution is 2.37. The number of hydrogen-bond donors (Lipinski definition) is 1. The molecule has 4 rings (SSSR count). The SMILES string of the molecule is Cc1ccc(C(=O)Nc2ccc(C(=O)N3CCCCc4sc(Cl)cc43)cc2)c(Cl)c1. The molecule has 7 heteroatoms. The fourth-order valence-electron chi connectivity index (χ4n) is 3.54. The van der Waals surface area contributed by atoms with Crippen molar-refractivity contribution in [3.8, 4) is 0 Å². The molecule has 3 aromatic rings. The third kappa shape index (κ3) is 4.38. The van der Waals surface area contributed by atoms with E-state index in [-0.39, 0.29) is 11.8 Å². The van der Waals surface area contributed by atoms with E-state index in [4.69, 9.17) is 23.2 Å². The Morgan fingerprint density at radius 1 is 1.03 bits per heavy atom. The van der Waals surface area contributed by atoms with Crippen molar-refractivity contribution < 1.29 is 9.59 Å². The number of nitrogens with one attached hydrogen (secondary N) is 1. The molecule has 2 heterocycles. The smallest absolute Gasteiger partial charge is 0.258 e. The number of rotatable bonds is 3. The van der Waals surface area contributed by atoms with E-state index in [2.05, 4.69) is 5.32 Å². The molecule has 1 aromatic heterocycles. The van der Waals surface area contributed by atoms with Gasteiger partial charge in [0.2, 0.25) is 0 Å². The van der Waals surface area contributed by atoms with Crippen LogP contribution in [0.1, 0.15) is 44.0 Å². The zero-order valence-electron chi connectivity index (χ0n) is 16.4. The van der Waals surface area contributed by atoms with Crippen molar-refractivity contribution in [2.45, 2.75) is 26.2 Å². The Morgan fingerprint density at radius 3 is 2.53 bits per heavy atom. The number of fused-ring (bicyclic) bond motifs is 1. The van der Waals surface area contributed by atoms with Crippen molar-refractivity contribution in [1.29, 1.82) is 0 Å². The van der Waals surface area contributed by atoms with Gasteiger partial charge in [0, 0.05) is 22.7 Å². The van der Waals surface area contributed by atoms with Crippen LogP contribution in [0.25, 0.3) is 0 Å². The number of benzene rings is 2. The van der Waals surface area contributed by atoms with Crippen LogP contribution in [0.15, 0.2) is 48.5 Å². The zero-order chi connectivity index (χ0) is 21.3. The Kier molecular flexibility index (Phi) is 6.14. The summed E-state index contributed by atoms with van der Waals surface area (Å²) < 4.78 is 0.701. The molecule has 0 aliphatic carbocycles. The van der Waals surface area contributed by atoms with E-state index < -0.39 is 0 Å². The van der Waals surface area contributed by atoms with Crippen LogP contribution in [0, 0.1) is 6.92 Å². The first-order valence-electron chi connectivity index (χ1n) is 9.70. The van der Waals surface area contributed by atoms with E-state index >= 15 is 0 Å². The van der Waals surface area contributed by atoms with Gasteiger partial charge in [-0.25, -0.2) is 0 Å². The molecule has 0 saturated carbocycles. The number of anilines is 2. The van der Waals surface area contributed by atoms with E-state index in [1.165, 1.54) is 0 Å². The lowest BCUT2D eigenvalue weighted by atomic mass is 10.1. The number of hydrogen-bond acceptors (Lipinski definition) is 3. The number of nitrogens with zero attached hydrogens (tertiary/aromatic N) is 1. The van der Waals surface area contributed by atoms with E-state index in [1.54, 1.807) is 47.7 Å². The highest BCUT2D eigenvalue weighted by molar-refractivity contribution is 7.16. The van der Waals surface area contributed by atoms with Crippen molar-refractivity contribution >= 4 is 57.7 Å². The van der Waals surface area contributed by atoms with E-state index in [0.717, 1.165) is 35.4 Å². The quantitative estimate of drug-likeness (QED) is 0.480. The molecule has 0 atom stereocenters. The minimum atomic E-state index is -0.288. The Hall–Kier alpha value is -2.34. The lowest BCUT2D eigenvalue weighted by Crippen LogP contribution is -2.31. The number of carbonyl (C=O) groups excluding carboxylic acids is 2. The summed E-state index contributed by atoms with van der Waals surface area (Å²) in [6.07, 6.45) is 2.94. The molecule has 0 saturated heterocycles. The lowest BCUT2D eigenvalue weighted by molar-refractivity contribution is 0.0986. The second-order valence-electron chi connectivity index (χ2n) is 7.29. The summed E-state index contributed by atoms with van der Waals surface area (Å²) in [5, 5.41) is 3.24. The predicted molar refractivity (Wildman–Crippen MR) is 125 cm³/mol. The summed E-state index contributed by atoms with van der Waals surface area (Å²) in [5.41, 5.74) is 3.48. The summed E-state index contributed by atoms with van der Waals surface area (Å²) >= 11 is 13.9. The molecule has 0 bridgehead atoms. The first-order valence-corrected chi connectivity index (χ1v) is 11.3. The highest BCUT2D eigenvalue weighted by atomic mass is 35.5. The molecule has 30 heavy (non-hydrogen) atoms. The van der Waals surface area contributed by atoms with Crippen LogP contribution in [0.5, 0.6) is 0 Å². The molecule has 154 valence electrons. The third-order valence-electron chi connectivity index (χ3n) is 5.09. The first kappa shape index (κ1) is 20.9. The Morgan fingerprint density at radius 2 is 1.80 bits per heavy atom. The second kappa shape index (κ2) is 8.80. The molecule has 0 fully saturated rings. The normalized spacial score (nSPS) is 13.5. The molecule has 1 N–H and O–H groups in total. The van der Waals surface area contributed by atoms with Gasteiger partial charge in [0.25, 0.3) is 11.8 Å². The van der Waals surface area contributed by atoms with Gasteiger partial charge in [-0.05, 0) is 74.2 Å². The van der Waals surface area contributed by atoms with E-state index in [1.807, 2.05) is 24.0 Å². The maximum Gasteiger partial charge on any atom is 0.258 e. The fourth-order valence-corrected chi connectivity index (χ4v) is 5.17. The highest BCUT2D eigenvalue weighted by Gasteiger charge is 2.24. The van der Waals surface area contributed by atoms with Crippen LogP contribution >= 0.6 is 34.5 Å². The number of amides is 2. The summed E-state index contributed by atoms with van der Waals surface area (Å²) in [6, 6.07) is 14.1. The van der Waals surface area contributed by atoms with Gasteiger partial charge in [0.05, 0.1) is 20.6 Å². The van der Waals surface area contributed by atoms with Gasteiger partial charge in [-0.2, -0.15) is 0 Å². The van der Waals surface area contributed by atoms with Gasteiger partial charge in [0.15, 0.2) is 0 Å². The van der Waals surface area contributed by atoms with Crippen LogP contribution in [-0.2, 0) is 6.42 Å². The van der Waals surface area contributed by atoms with Crippen molar-refractivity contribution in [2.24, 2.45) is 0 Å². The second-order valence-corrected chi connectivity index (χ2v) is 9.46. The van der Waals surface area contributed by atoms with Crippen molar-refractivity contribution in [3.63, 3.8) is 0 Å². The van der Waals surface area contributed by atoms with Crippen molar-refractivity contribution in [2.75, 3.05) is 16.8 Å². The van der Waals surface area contributed by atoms with Gasteiger partial charge in [0.1, 0.15) is 0 Å². The molecule has 4 nitrogen and oxygen atoms in total. The average molecular weight is 459 g/mol. The Balaban J connectivity index is 1.51. The standard InChI is InChI=1S/C23H20Cl2N2O2S/c1-14-5-10-17(18(24)12-14)22(28)26-16-8-6-15(7-9-16)23(29)27-11-3-2-4-20-19(27)13-21(25)30-20/h5-10,12-13H,2-4,11H2,1H3,(H,26,28). The molecule has 2 aromatic carbocycles. The van der Waals surface area contributed by atoms with Crippen LogP contribution in [0.4, 0.5) is 11.4 Å². The summed E-state index contributed by atoms with van der Waals surface area (Å²) in [5.74, 6) is -0.351. The molecule has 0 unspecified atom stereocenters. The molecule has 0 radical (unpaired) electrons. The summed E-state index contributed by atoms with van der Waals surface area (Å²) in [4.78, 5) is 28.6. The number of thiophene rings is 1. The van der Waals surface area contributed by atoms with E-state index in [9.17, 15) is 9.59 Å². The number of aryl methyl sites for hydroxylation is 2. The molecular formula is C23H20Cl2N2O2S. The fraction of sp³-hybridized carbons (Fsp3) is 0.217. The molecule has 1 aliphatic heterocycles. The van der Waals surface area contributed by atoms with Crippen LogP contribution in [0.2, 0.25) is 9.36 Å². The van der Waals surface area contributed by atoms with Gasteiger partial charge in [-0.15, -0.1) is 11.3 Å². The summed E-state index contributed by atoms with van der Waals surface area (Å²) in [7, 11) is 0. The third-order valence-corrected chi connectivity index (χ3v) is 6.71. The van der Waals surface area contributed by atoms with Crippen molar-refractivity contribution in [1.82, 2.24) is 0 Å². The van der Waals surface area contributed by atoms with E-state index in [0.29, 0.717) is 32.7 Å².